The molecule has 0 spiro atoms. The second-order valence-corrected chi connectivity index (χ2v) is 3.67. The molecule has 2 nitrogen and oxygen atoms in total. The van der Waals surface area contributed by atoms with E-state index in [0.29, 0.717) is 6.07 Å². The Morgan fingerprint density at radius 2 is 1.89 bits per heavy atom. The highest BCUT2D eigenvalue weighted by atomic mass is 35.5. The van der Waals surface area contributed by atoms with E-state index in [0.717, 1.165) is 6.92 Å². The normalized spacial score (nSPS) is 11.8. The van der Waals surface area contributed by atoms with Crippen LogP contribution in [0.15, 0.2) is 12.1 Å². The number of Topliss-reactive ketones (excluding diaryl/α,β-unsaturated/α-hetero) is 1. The number of benzene rings is 1. The second kappa shape index (κ2) is 5.09. The molecule has 0 aliphatic rings. The summed E-state index contributed by atoms with van der Waals surface area (Å²) in [7, 11) is 0. The maximum atomic E-state index is 12.6. The molecular formula is C10H6ClF5O2. The van der Waals surface area contributed by atoms with Gasteiger partial charge in [0.25, 0.3) is 0 Å². The number of carbonyl (C=O) groups is 1. The molecule has 0 saturated carbocycles. The van der Waals surface area contributed by atoms with Crippen LogP contribution in [0.3, 0.4) is 0 Å². The quantitative estimate of drug-likeness (QED) is 0.616. The van der Waals surface area contributed by atoms with Crippen molar-refractivity contribution in [3.05, 3.63) is 28.3 Å². The Bertz CT molecular complexity index is 470. The monoisotopic (exact) mass is 288 g/mol. The van der Waals surface area contributed by atoms with E-state index in [-0.39, 0.29) is 6.07 Å². The Morgan fingerprint density at radius 1 is 1.33 bits per heavy atom. The van der Waals surface area contributed by atoms with E-state index in [1.165, 1.54) is 0 Å². The smallest absolute Gasteiger partial charge is 0.417 e. The van der Waals surface area contributed by atoms with Crippen LogP contribution >= 0.6 is 11.6 Å². The molecule has 0 heterocycles. The summed E-state index contributed by atoms with van der Waals surface area (Å²) in [6, 6.07) is 0.940. The lowest BCUT2D eigenvalue weighted by atomic mass is 10.0. The minimum atomic E-state index is -4.87. The first-order valence-electron chi connectivity index (χ1n) is 4.49. The van der Waals surface area contributed by atoms with Crippen LogP contribution in [-0.2, 0) is 6.18 Å². The van der Waals surface area contributed by atoms with Crippen LogP contribution in [0.25, 0.3) is 0 Å². The van der Waals surface area contributed by atoms with E-state index in [2.05, 4.69) is 4.74 Å². The maximum absolute atomic E-state index is 12.6. The van der Waals surface area contributed by atoms with E-state index < -0.39 is 40.5 Å². The molecule has 1 rings (SSSR count). The van der Waals surface area contributed by atoms with Crippen molar-refractivity contribution >= 4 is 17.4 Å². The van der Waals surface area contributed by atoms with Gasteiger partial charge >= 0.3 is 12.8 Å². The van der Waals surface area contributed by atoms with Gasteiger partial charge in [-0.15, -0.1) is 0 Å². The molecule has 0 bridgehead atoms. The molecule has 100 valence electrons. The summed E-state index contributed by atoms with van der Waals surface area (Å²) >= 11 is 5.46. The summed E-state index contributed by atoms with van der Waals surface area (Å²) in [5.74, 6) is -1.71. The average Bonchev–Trinajstić information content (AvgIpc) is 2.17. The zero-order valence-electron chi connectivity index (χ0n) is 8.82. The lowest BCUT2D eigenvalue weighted by Crippen LogP contribution is -2.13. The third-order valence-electron chi connectivity index (χ3n) is 1.97. The zero-order valence-corrected chi connectivity index (χ0v) is 9.57. The fourth-order valence-electron chi connectivity index (χ4n) is 1.27. The predicted molar refractivity (Wildman–Crippen MR) is 53.1 cm³/mol. The summed E-state index contributed by atoms with van der Waals surface area (Å²) in [5, 5.41) is -0.492. The molecule has 0 N–H and O–H groups in total. The number of carbonyl (C=O) groups excluding carboxylic acids is 1. The summed E-state index contributed by atoms with van der Waals surface area (Å²) < 4.78 is 65.6. The fourth-order valence-corrected chi connectivity index (χ4v) is 1.47. The van der Waals surface area contributed by atoms with Gasteiger partial charge in [0.2, 0.25) is 0 Å². The van der Waals surface area contributed by atoms with Crippen LogP contribution in [-0.4, -0.2) is 12.4 Å². The summed E-state index contributed by atoms with van der Waals surface area (Å²) in [6.45, 7) is -2.40. The molecule has 0 atom stereocenters. The van der Waals surface area contributed by atoms with Crippen LogP contribution in [0, 0.1) is 0 Å². The molecule has 0 fully saturated rings. The third-order valence-corrected chi connectivity index (χ3v) is 2.27. The van der Waals surface area contributed by atoms with Crippen molar-refractivity contribution in [1.29, 1.82) is 0 Å². The van der Waals surface area contributed by atoms with Crippen LogP contribution in [0.5, 0.6) is 5.75 Å². The van der Waals surface area contributed by atoms with Gasteiger partial charge in [-0.05, 0) is 19.1 Å². The molecular weight excluding hydrogens is 283 g/mol. The van der Waals surface area contributed by atoms with Crippen molar-refractivity contribution in [1.82, 2.24) is 0 Å². The SMILES string of the molecule is CC(=O)c1cc(Cl)c(OC(F)F)cc1C(F)(F)F. The van der Waals surface area contributed by atoms with Crippen LogP contribution in [0.2, 0.25) is 5.02 Å². The minimum Gasteiger partial charge on any atom is -0.433 e. The van der Waals surface area contributed by atoms with Gasteiger partial charge in [0.05, 0.1) is 10.6 Å². The number of hydrogen-bond acceptors (Lipinski definition) is 2. The predicted octanol–water partition coefficient (Wildman–Crippen LogP) is 4.16. The highest BCUT2D eigenvalue weighted by Gasteiger charge is 2.36. The van der Waals surface area contributed by atoms with Gasteiger partial charge in [0.1, 0.15) is 5.75 Å². The van der Waals surface area contributed by atoms with E-state index in [1.807, 2.05) is 0 Å². The van der Waals surface area contributed by atoms with Gasteiger partial charge in [-0.3, -0.25) is 4.79 Å². The summed E-state index contributed by atoms with van der Waals surface area (Å²) in [6.07, 6.45) is -4.87. The number of rotatable bonds is 3. The molecule has 0 aliphatic heterocycles. The number of ketones is 1. The average molecular weight is 289 g/mol. The number of halogens is 6. The van der Waals surface area contributed by atoms with E-state index in [9.17, 15) is 26.7 Å². The van der Waals surface area contributed by atoms with Gasteiger partial charge in [-0.2, -0.15) is 22.0 Å². The number of ether oxygens (including phenoxy) is 1. The molecule has 0 saturated heterocycles. The fraction of sp³-hybridized carbons (Fsp3) is 0.300. The van der Waals surface area contributed by atoms with Crippen molar-refractivity contribution in [2.75, 3.05) is 0 Å². The molecule has 8 heteroatoms. The van der Waals surface area contributed by atoms with Crippen LogP contribution in [0.4, 0.5) is 22.0 Å². The third kappa shape index (κ3) is 3.32. The first-order valence-corrected chi connectivity index (χ1v) is 4.87. The van der Waals surface area contributed by atoms with Crippen molar-refractivity contribution in [3.63, 3.8) is 0 Å². The van der Waals surface area contributed by atoms with E-state index >= 15 is 0 Å². The van der Waals surface area contributed by atoms with Gasteiger partial charge in [0, 0.05) is 5.56 Å². The van der Waals surface area contributed by atoms with Gasteiger partial charge in [0.15, 0.2) is 5.78 Å². The minimum absolute atomic E-state index is 0.283. The molecule has 18 heavy (non-hydrogen) atoms. The summed E-state index contributed by atoms with van der Waals surface area (Å²) in [4.78, 5) is 11.1. The van der Waals surface area contributed by atoms with Crippen molar-refractivity contribution in [2.24, 2.45) is 0 Å². The Morgan fingerprint density at radius 3 is 2.28 bits per heavy atom. The lowest BCUT2D eigenvalue weighted by molar-refractivity contribution is -0.138. The van der Waals surface area contributed by atoms with Crippen molar-refractivity contribution in [3.8, 4) is 5.75 Å². The second-order valence-electron chi connectivity index (χ2n) is 3.26. The molecule has 0 unspecified atom stereocenters. The van der Waals surface area contributed by atoms with Crippen LogP contribution < -0.4 is 4.74 Å². The standard InChI is InChI=1S/C10H6ClF5O2/c1-4(17)5-2-7(11)8(18-9(12)13)3-6(5)10(14,15)16/h2-3,9H,1H3. The van der Waals surface area contributed by atoms with E-state index in [1.54, 1.807) is 0 Å². The first-order chi connectivity index (χ1) is 8.12. The highest BCUT2D eigenvalue weighted by Crippen LogP contribution is 2.38. The Kier molecular flexibility index (Phi) is 4.16. The number of hydrogen-bond donors (Lipinski definition) is 0. The molecule has 0 radical (unpaired) electrons. The number of alkyl halides is 5. The molecule has 0 aliphatic carbocycles. The Labute approximate surface area is 103 Å². The zero-order chi connectivity index (χ0) is 14.1. The lowest BCUT2D eigenvalue weighted by Gasteiger charge is -2.14. The molecule has 0 amide bonds. The van der Waals surface area contributed by atoms with Crippen molar-refractivity contribution < 1.29 is 31.5 Å². The van der Waals surface area contributed by atoms with Gasteiger partial charge in [-0.1, -0.05) is 11.6 Å². The molecule has 1 aromatic rings. The summed E-state index contributed by atoms with van der Waals surface area (Å²) in [5.41, 5.74) is -2.07. The Hall–Kier alpha value is -1.37. The highest BCUT2D eigenvalue weighted by molar-refractivity contribution is 6.32. The van der Waals surface area contributed by atoms with Crippen molar-refractivity contribution in [2.45, 2.75) is 19.7 Å². The first kappa shape index (κ1) is 14.7. The van der Waals surface area contributed by atoms with E-state index in [4.69, 9.17) is 11.6 Å². The molecule has 1 aromatic carbocycles. The van der Waals surface area contributed by atoms with Gasteiger partial charge < -0.3 is 4.74 Å². The largest absolute Gasteiger partial charge is 0.433 e. The Balaban J connectivity index is 3.41. The van der Waals surface area contributed by atoms with Crippen LogP contribution in [0.1, 0.15) is 22.8 Å². The topological polar surface area (TPSA) is 26.3 Å². The van der Waals surface area contributed by atoms with Gasteiger partial charge in [-0.25, -0.2) is 0 Å². The maximum Gasteiger partial charge on any atom is 0.417 e. The molecule has 0 aromatic heterocycles.